The Balaban J connectivity index is 2.29. The number of ether oxygens (including phenoxy) is 1. The lowest BCUT2D eigenvalue weighted by molar-refractivity contribution is 0.411. The summed E-state index contributed by atoms with van der Waals surface area (Å²) in [6.45, 7) is 4.26. The summed E-state index contributed by atoms with van der Waals surface area (Å²) in [6, 6.07) is 6.40. The Labute approximate surface area is 124 Å². The quantitative estimate of drug-likeness (QED) is 0.907. The lowest BCUT2D eigenvalue weighted by atomic mass is 9.87. The maximum atomic E-state index is 12.6. The molecule has 3 atom stereocenters. The van der Waals surface area contributed by atoms with Crippen LogP contribution in [-0.2, 0) is 17.2 Å². The maximum Gasteiger partial charge on any atom is 0.119 e. The molecule has 1 aromatic rings. The first-order valence-corrected chi connectivity index (χ1v) is 8.66. The highest BCUT2D eigenvalue weighted by Gasteiger charge is 2.32. The molecule has 0 heterocycles. The molecule has 20 heavy (non-hydrogen) atoms. The SMILES string of the molecule is CNC1c2cc(OC)ccc2CCC1S(=O)CC(C)C. The molecule has 1 aliphatic carbocycles. The van der Waals surface area contributed by atoms with Gasteiger partial charge in [-0.3, -0.25) is 4.21 Å². The van der Waals surface area contributed by atoms with Gasteiger partial charge in [-0.15, -0.1) is 0 Å². The first kappa shape index (κ1) is 15.5. The zero-order valence-electron chi connectivity index (χ0n) is 12.8. The van der Waals surface area contributed by atoms with Crippen LogP contribution in [0.1, 0.15) is 37.4 Å². The largest absolute Gasteiger partial charge is 0.497 e. The molecule has 0 saturated carbocycles. The molecule has 0 fully saturated rings. The van der Waals surface area contributed by atoms with Gasteiger partial charge in [-0.25, -0.2) is 0 Å². The lowest BCUT2D eigenvalue weighted by Crippen LogP contribution is -2.38. The van der Waals surface area contributed by atoms with E-state index in [1.54, 1.807) is 7.11 Å². The molecule has 3 nitrogen and oxygen atoms in total. The molecular formula is C16H25NO2S. The van der Waals surface area contributed by atoms with Crippen LogP contribution in [0.5, 0.6) is 5.75 Å². The molecular weight excluding hydrogens is 270 g/mol. The number of benzene rings is 1. The summed E-state index contributed by atoms with van der Waals surface area (Å²) in [6.07, 6.45) is 2.00. The standard InChI is InChI=1S/C16H25NO2S/c1-11(2)10-20(18)15-8-6-12-5-7-13(19-4)9-14(12)16(15)17-3/h5,7,9,11,15-17H,6,8,10H2,1-4H3. The summed E-state index contributed by atoms with van der Waals surface area (Å²) in [5.74, 6) is 2.13. The van der Waals surface area contributed by atoms with Crippen LogP contribution in [0.4, 0.5) is 0 Å². The summed E-state index contributed by atoms with van der Waals surface area (Å²) in [5, 5.41) is 3.56. The summed E-state index contributed by atoms with van der Waals surface area (Å²) < 4.78 is 17.9. The van der Waals surface area contributed by atoms with E-state index < -0.39 is 10.8 Å². The first-order chi connectivity index (χ1) is 9.56. The van der Waals surface area contributed by atoms with Crippen molar-refractivity contribution in [3.05, 3.63) is 29.3 Å². The smallest absolute Gasteiger partial charge is 0.119 e. The van der Waals surface area contributed by atoms with E-state index in [1.807, 2.05) is 13.1 Å². The molecule has 0 aromatic heterocycles. The number of aryl methyl sites for hydroxylation is 1. The third kappa shape index (κ3) is 3.23. The van der Waals surface area contributed by atoms with E-state index in [-0.39, 0.29) is 11.3 Å². The third-order valence-electron chi connectivity index (χ3n) is 3.90. The van der Waals surface area contributed by atoms with Gasteiger partial charge in [0.15, 0.2) is 0 Å². The zero-order chi connectivity index (χ0) is 14.7. The van der Waals surface area contributed by atoms with Crippen molar-refractivity contribution in [2.24, 2.45) is 5.92 Å². The molecule has 1 N–H and O–H groups in total. The van der Waals surface area contributed by atoms with Crippen molar-refractivity contribution in [2.75, 3.05) is 19.9 Å². The fourth-order valence-electron chi connectivity index (χ4n) is 2.96. The Kier molecular flexibility index (Phi) is 5.22. The average molecular weight is 295 g/mol. The number of methoxy groups -OCH3 is 1. The van der Waals surface area contributed by atoms with Crippen molar-refractivity contribution in [2.45, 2.75) is 38.0 Å². The highest BCUT2D eigenvalue weighted by atomic mass is 32.2. The van der Waals surface area contributed by atoms with Crippen LogP contribution < -0.4 is 10.1 Å². The second kappa shape index (κ2) is 6.72. The van der Waals surface area contributed by atoms with Gasteiger partial charge < -0.3 is 10.1 Å². The summed E-state index contributed by atoms with van der Waals surface area (Å²) in [4.78, 5) is 0. The van der Waals surface area contributed by atoms with E-state index in [2.05, 4.69) is 31.3 Å². The van der Waals surface area contributed by atoms with E-state index in [9.17, 15) is 4.21 Å². The van der Waals surface area contributed by atoms with Gasteiger partial charge in [0.25, 0.3) is 0 Å². The van der Waals surface area contributed by atoms with Crippen molar-refractivity contribution < 1.29 is 8.95 Å². The van der Waals surface area contributed by atoms with Crippen LogP contribution in [0.2, 0.25) is 0 Å². The minimum atomic E-state index is -0.786. The molecule has 4 heteroatoms. The molecule has 0 radical (unpaired) electrons. The third-order valence-corrected chi connectivity index (χ3v) is 6.08. The van der Waals surface area contributed by atoms with Gasteiger partial charge in [0.2, 0.25) is 0 Å². The fourth-order valence-corrected chi connectivity index (χ4v) is 4.83. The predicted octanol–water partition coefficient (Wildman–Crippen LogP) is 2.68. The maximum absolute atomic E-state index is 12.6. The van der Waals surface area contributed by atoms with Gasteiger partial charge in [0.05, 0.1) is 12.4 Å². The Morgan fingerprint density at radius 2 is 2.20 bits per heavy atom. The fraction of sp³-hybridized carbons (Fsp3) is 0.625. The number of hydrogen-bond acceptors (Lipinski definition) is 3. The van der Waals surface area contributed by atoms with E-state index >= 15 is 0 Å². The van der Waals surface area contributed by atoms with Crippen LogP contribution in [-0.4, -0.2) is 29.4 Å². The topological polar surface area (TPSA) is 38.3 Å². The highest BCUT2D eigenvalue weighted by molar-refractivity contribution is 7.85. The van der Waals surface area contributed by atoms with E-state index in [0.717, 1.165) is 24.3 Å². The molecule has 0 bridgehead atoms. The molecule has 0 aliphatic heterocycles. The molecule has 2 rings (SSSR count). The Bertz CT molecular complexity index is 487. The molecule has 3 unspecified atom stereocenters. The van der Waals surface area contributed by atoms with Crippen LogP contribution in [0, 0.1) is 5.92 Å². The molecule has 0 saturated heterocycles. The van der Waals surface area contributed by atoms with Gasteiger partial charge in [-0.1, -0.05) is 19.9 Å². The van der Waals surface area contributed by atoms with Crippen molar-refractivity contribution in [3.8, 4) is 5.75 Å². The van der Waals surface area contributed by atoms with Gasteiger partial charge in [0, 0.05) is 22.6 Å². The van der Waals surface area contributed by atoms with Crippen LogP contribution in [0.3, 0.4) is 0 Å². The highest BCUT2D eigenvalue weighted by Crippen LogP contribution is 2.35. The average Bonchev–Trinajstić information content (AvgIpc) is 2.44. The van der Waals surface area contributed by atoms with Crippen LogP contribution in [0.15, 0.2) is 18.2 Å². The normalized spacial score (nSPS) is 23.4. The van der Waals surface area contributed by atoms with Crippen molar-refractivity contribution in [1.82, 2.24) is 5.32 Å². The van der Waals surface area contributed by atoms with E-state index in [0.29, 0.717) is 5.92 Å². The summed E-state index contributed by atoms with van der Waals surface area (Å²) >= 11 is 0. The summed E-state index contributed by atoms with van der Waals surface area (Å²) in [7, 11) is 2.86. The number of rotatable bonds is 5. The number of hydrogen-bond donors (Lipinski definition) is 1. The Morgan fingerprint density at radius 3 is 2.80 bits per heavy atom. The van der Waals surface area contributed by atoms with Crippen molar-refractivity contribution in [1.29, 1.82) is 0 Å². The second-order valence-corrected chi connectivity index (χ2v) is 7.55. The molecule has 112 valence electrons. The zero-order valence-corrected chi connectivity index (χ0v) is 13.6. The van der Waals surface area contributed by atoms with Gasteiger partial charge in [-0.2, -0.15) is 0 Å². The second-order valence-electron chi connectivity index (χ2n) is 5.85. The first-order valence-electron chi connectivity index (χ1n) is 7.28. The Morgan fingerprint density at radius 1 is 1.45 bits per heavy atom. The minimum absolute atomic E-state index is 0.161. The van der Waals surface area contributed by atoms with Gasteiger partial charge in [0.1, 0.15) is 5.75 Å². The van der Waals surface area contributed by atoms with Crippen molar-refractivity contribution >= 4 is 10.8 Å². The van der Waals surface area contributed by atoms with E-state index in [4.69, 9.17) is 4.74 Å². The molecule has 0 spiro atoms. The van der Waals surface area contributed by atoms with Gasteiger partial charge >= 0.3 is 0 Å². The number of nitrogens with one attached hydrogen (secondary N) is 1. The number of fused-ring (bicyclic) bond motifs is 1. The summed E-state index contributed by atoms with van der Waals surface area (Å²) in [5.41, 5.74) is 2.60. The van der Waals surface area contributed by atoms with E-state index in [1.165, 1.54) is 11.1 Å². The lowest BCUT2D eigenvalue weighted by Gasteiger charge is -2.33. The Hall–Kier alpha value is -0.870. The molecule has 0 amide bonds. The van der Waals surface area contributed by atoms with Crippen LogP contribution >= 0.6 is 0 Å². The predicted molar refractivity (Wildman–Crippen MR) is 84.8 cm³/mol. The van der Waals surface area contributed by atoms with Crippen LogP contribution in [0.25, 0.3) is 0 Å². The van der Waals surface area contributed by atoms with Gasteiger partial charge in [-0.05, 0) is 49.1 Å². The monoisotopic (exact) mass is 295 g/mol. The molecule has 1 aliphatic rings. The molecule has 1 aromatic carbocycles. The minimum Gasteiger partial charge on any atom is -0.497 e. The van der Waals surface area contributed by atoms with Crippen molar-refractivity contribution in [3.63, 3.8) is 0 Å².